The van der Waals surface area contributed by atoms with Crippen LogP contribution in [-0.4, -0.2) is 0 Å². The van der Waals surface area contributed by atoms with E-state index >= 15 is 0 Å². The molecule has 0 saturated carbocycles. The van der Waals surface area contributed by atoms with Gasteiger partial charge in [0.15, 0.2) is 0 Å². The Labute approximate surface area is 96.5 Å². The molecule has 2 aromatic carbocycles. The topological polar surface area (TPSA) is 23.8 Å². The van der Waals surface area contributed by atoms with E-state index in [4.69, 9.17) is 5.26 Å². The maximum Gasteiger partial charge on any atom is 0.0669 e. The molecule has 0 amide bonds. The van der Waals surface area contributed by atoms with E-state index in [0.29, 0.717) is 6.42 Å². The van der Waals surface area contributed by atoms with Gasteiger partial charge in [-0.15, -0.1) is 0 Å². The average Bonchev–Trinajstić information content (AvgIpc) is 2.18. The van der Waals surface area contributed by atoms with Gasteiger partial charge in [0.1, 0.15) is 0 Å². The summed E-state index contributed by atoms with van der Waals surface area (Å²) >= 11 is 2.33. The zero-order valence-corrected chi connectivity index (χ0v) is 9.65. The van der Waals surface area contributed by atoms with E-state index in [0.717, 1.165) is 5.56 Å². The van der Waals surface area contributed by atoms with Crippen molar-refractivity contribution in [1.82, 2.24) is 0 Å². The molecule has 0 aliphatic carbocycles. The van der Waals surface area contributed by atoms with Gasteiger partial charge in [-0.05, 0) is 45.0 Å². The molecule has 2 aromatic rings. The number of rotatable bonds is 1. The maximum absolute atomic E-state index is 8.59. The Kier molecular flexibility index (Phi) is 2.69. The van der Waals surface area contributed by atoms with Crippen molar-refractivity contribution in [2.24, 2.45) is 0 Å². The number of benzene rings is 2. The van der Waals surface area contributed by atoms with E-state index in [-0.39, 0.29) is 0 Å². The fourth-order valence-electron chi connectivity index (χ4n) is 1.49. The lowest BCUT2D eigenvalue weighted by Gasteiger charge is -2.01. The van der Waals surface area contributed by atoms with E-state index in [1.54, 1.807) is 0 Å². The van der Waals surface area contributed by atoms with Crippen LogP contribution < -0.4 is 0 Å². The minimum absolute atomic E-state index is 0.488. The van der Waals surface area contributed by atoms with Crippen molar-refractivity contribution in [1.29, 1.82) is 5.26 Å². The van der Waals surface area contributed by atoms with E-state index < -0.39 is 0 Å². The Morgan fingerprint density at radius 1 is 1.21 bits per heavy atom. The predicted octanol–water partition coefficient (Wildman–Crippen LogP) is 3.51. The normalized spacial score (nSPS) is 10.0. The zero-order chi connectivity index (χ0) is 9.97. The van der Waals surface area contributed by atoms with Crippen LogP contribution in [0.5, 0.6) is 0 Å². The molecular formula is C12H8IN. The van der Waals surface area contributed by atoms with Crippen LogP contribution in [-0.2, 0) is 6.42 Å². The van der Waals surface area contributed by atoms with Crippen LogP contribution in [0.1, 0.15) is 5.56 Å². The predicted molar refractivity (Wildman–Crippen MR) is 66.0 cm³/mol. The van der Waals surface area contributed by atoms with Crippen molar-refractivity contribution in [2.75, 3.05) is 0 Å². The van der Waals surface area contributed by atoms with Gasteiger partial charge in [0.05, 0.1) is 12.5 Å². The van der Waals surface area contributed by atoms with Gasteiger partial charge in [-0.25, -0.2) is 0 Å². The van der Waals surface area contributed by atoms with E-state index in [2.05, 4.69) is 52.9 Å². The van der Waals surface area contributed by atoms with Gasteiger partial charge in [-0.2, -0.15) is 5.26 Å². The third-order valence-electron chi connectivity index (χ3n) is 2.17. The number of hydrogen-bond donors (Lipinski definition) is 0. The molecule has 0 spiro atoms. The summed E-state index contributed by atoms with van der Waals surface area (Å²) in [4.78, 5) is 0. The minimum atomic E-state index is 0.488. The molecule has 0 aliphatic rings. The second-order valence-corrected chi connectivity index (χ2v) is 4.29. The third-order valence-corrected chi connectivity index (χ3v) is 3.12. The molecule has 0 unspecified atom stereocenters. The quantitative estimate of drug-likeness (QED) is 0.738. The van der Waals surface area contributed by atoms with E-state index in [9.17, 15) is 0 Å². The largest absolute Gasteiger partial charge is 0.198 e. The van der Waals surface area contributed by atoms with Crippen LogP contribution in [0.4, 0.5) is 0 Å². The summed E-state index contributed by atoms with van der Waals surface area (Å²) < 4.78 is 1.25. The Balaban J connectivity index is 2.63. The molecule has 14 heavy (non-hydrogen) atoms. The van der Waals surface area contributed by atoms with Crippen molar-refractivity contribution in [3.05, 3.63) is 45.5 Å². The summed E-state index contributed by atoms with van der Waals surface area (Å²) in [5.41, 5.74) is 1.09. The molecule has 0 bridgehead atoms. The lowest BCUT2D eigenvalue weighted by atomic mass is 10.1. The molecule has 2 rings (SSSR count). The SMILES string of the molecule is N#CCc1ccc2c(I)cccc2c1. The number of nitrogens with zero attached hydrogens (tertiary/aromatic N) is 1. The molecule has 0 heterocycles. The Bertz CT molecular complexity index is 511. The monoisotopic (exact) mass is 293 g/mol. The van der Waals surface area contributed by atoms with Crippen molar-refractivity contribution >= 4 is 33.4 Å². The van der Waals surface area contributed by atoms with Crippen LogP contribution in [0.2, 0.25) is 0 Å². The van der Waals surface area contributed by atoms with Gasteiger partial charge in [0.2, 0.25) is 0 Å². The zero-order valence-electron chi connectivity index (χ0n) is 7.50. The minimum Gasteiger partial charge on any atom is -0.198 e. The molecule has 0 aliphatic heterocycles. The van der Waals surface area contributed by atoms with Crippen LogP contribution in [0, 0.1) is 14.9 Å². The fraction of sp³-hybridized carbons (Fsp3) is 0.0833. The second kappa shape index (κ2) is 3.97. The van der Waals surface area contributed by atoms with Gasteiger partial charge in [-0.1, -0.05) is 30.3 Å². The first-order valence-corrected chi connectivity index (χ1v) is 5.43. The molecular weight excluding hydrogens is 285 g/mol. The molecule has 0 N–H and O–H groups in total. The molecule has 2 heteroatoms. The molecule has 1 nitrogen and oxygen atoms in total. The number of hydrogen-bond acceptors (Lipinski definition) is 1. The third kappa shape index (κ3) is 1.73. The lowest BCUT2D eigenvalue weighted by Crippen LogP contribution is -1.83. The number of fused-ring (bicyclic) bond motifs is 1. The van der Waals surface area contributed by atoms with E-state index in [1.807, 2.05) is 12.1 Å². The van der Waals surface area contributed by atoms with Crippen molar-refractivity contribution in [3.8, 4) is 6.07 Å². The van der Waals surface area contributed by atoms with Crippen LogP contribution in [0.15, 0.2) is 36.4 Å². The molecule has 68 valence electrons. The summed E-state index contributed by atoms with van der Waals surface area (Å²) in [6, 6.07) is 14.6. The highest BCUT2D eigenvalue weighted by atomic mass is 127. The van der Waals surface area contributed by atoms with Crippen LogP contribution in [0.25, 0.3) is 10.8 Å². The maximum atomic E-state index is 8.59. The van der Waals surface area contributed by atoms with Gasteiger partial charge < -0.3 is 0 Å². The molecule has 0 aromatic heterocycles. The summed E-state index contributed by atoms with van der Waals surface area (Å²) in [7, 11) is 0. The summed E-state index contributed by atoms with van der Waals surface area (Å²) in [6.45, 7) is 0. The van der Waals surface area contributed by atoms with Gasteiger partial charge in [0.25, 0.3) is 0 Å². The second-order valence-electron chi connectivity index (χ2n) is 3.13. The first-order chi connectivity index (χ1) is 6.81. The van der Waals surface area contributed by atoms with Gasteiger partial charge in [-0.3, -0.25) is 0 Å². The molecule has 0 saturated heterocycles. The molecule has 0 fully saturated rings. The first kappa shape index (κ1) is 9.47. The molecule has 0 radical (unpaired) electrons. The lowest BCUT2D eigenvalue weighted by molar-refractivity contribution is 1.27. The van der Waals surface area contributed by atoms with Crippen molar-refractivity contribution < 1.29 is 0 Å². The Morgan fingerprint density at radius 2 is 2.07 bits per heavy atom. The van der Waals surface area contributed by atoms with Crippen LogP contribution in [0.3, 0.4) is 0 Å². The Hall–Kier alpha value is -1.08. The number of halogens is 1. The summed E-state index contributed by atoms with van der Waals surface area (Å²) in [5.74, 6) is 0. The van der Waals surface area contributed by atoms with E-state index in [1.165, 1.54) is 14.3 Å². The van der Waals surface area contributed by atoms with Crippen LogP contribution >= 0.6 is 22.6 Å². The smallest absolute Gasteiger partial charge is 0.0669 e. The first-order valence-electron chi connectivity index (χ1n) is 4.35. The average molecular weight is 293 g/mol. The van der Waals surface area contributed by atoms with Gasteiger partial charge in [0, 0.05) is 3.57 Å². The van der Waals surface area contributed by atoms with Gasteiger partial charge >= 0.3 is 0 Å². The molecule has 0 atom stereocenters. The Morgan fingerprint density at radius 3 is 2.86 bits per heavy atom. The summed E-state index contributed by atoms with van der Waals surface area (Å²) in [5, 5.41) is 11.1. The van der Waals surface area contributed by atoms with Crippen molar-refractivity contribution in [2.45, 2.75) is 6.42 Å². The standard InChI is InChI=1S/C12H8IN/c13-12-3-1-2-10-8-9(6-7-14)4-5-11(10)12/h1-5,8H,6H2. The summed E-state index contributed by atoms with van der Waals surface area (Å²) in [6.07, 6.45) is 0.488. The highest BCUT2D eigenvalue weighted by molar-refractivity contribution is 14.1. The van der Waals surface area contributed by atoms with Crippen molar-refractivity contribution in [3.63, 3.8) is 0 Å². The highest BCUT2D eigenvalue weighted by Gasteiger charge is 1.98. The highest BCUT2D eigenvalue weighted by Crippen LogP contribution is 2.21. The number of nitriles is 1. The fourth-order valence-corrected chi connectivity index (χ4v) is 2.19.